The molecule has 0 saturated heterocycles. The van der Waals surface area contributed by atoms with Crippen molar-refractivity contribution >= 4 is 17.2 Å². The van der Waals surface area contributed by atoms with Crippen molar-refractivity contribution in [3.05, 3.63) is 88.8 Å². The molecule has 1 aliphatic rings. The van der Waals surface area contributed by atoms with Gasteiger partial charge in [-0.3, -0.25) is 4.79 Å². The maximum Gasteiger partial charge on any atom is 0.251 e. The summed E-state index contributed by atoms with van der Waals surface area (Å²) in [7, 11) is 0. The van der Waals surface area contributed by atoms with Crippen LogP contribution in [0, 0.1) is 11.6 Å². The number of nitrogens with one attached hydrogen (secondary N) is 1. The van der Waals surface area contributed by atoms with Crippen molar-refractivity contribution < 1.29 is 23.0 Å². The van der Waals surface area contributed by atoms with Gasteiger partial charge in [0.1, 0.15) is 5.01 Å². The summed E-state index contributed by atoms with van der Waals surface area (Å²) < 4.78 is 37.1. The summed E-state index contributed by atoms with van der Waals surface area (Å²) in [4.78, 5) is 16.9. The molecular formula is C24H16F2N2O3S. The van der Waals surface area contributed by atoms with Crippen molar-refractivity contribution in [2.24, 2.45) is 0 Å². The number of halogens is 2. The van der Waals surface area contributed by atoms with E-state index in [-0.39, 0.29) is 18.9 Å². The number of carbonyl (C=O) groups is 1. The summed E-state index contributed by atoms with van der Waals surface area (Å²) >= 11 is 1.54. The molecule has 3 aromatic carbocycles. The standard InChI is InChI=1S/C24H16F2N2O3S/c25-18-7-5-17(9-19(18)26)23(29)27-11-14-1-3-15(4-2-14)24-28-20(12-32-24)16-6-8-21-22(10-16)31-13-30-21/h1-10,12H,11,13H2,(H,27,29). The number of carbonyl (C=O) groups excluding carboxylic acids is 1. The molecule has 4 aromatic rings. The molecule has 160 valence electrons. The minimum atomic E-state index is -1.05. The lowest BCUT2D eigenvalue weighted by atomic mass is 10.1. The van der Waals surface area contributed by atoms with Gasteiger partial charge in [-0.25, -0.2) is 13.8 Å². The highest BCUT2D eigenvalue weighted by Gasteiger charge is 2.15. The van der Waals surface area contributed by atoms with Crippen molar-refractivity contribution in [1.82, 2.24) is 10.3 Å². The van der Waals surface area contributed by atoms with Gasteiger partial charge in [-0.2, -0.15) is 0 Å². The molecule has 32 heavy (non-hydrogen) atoms. The lowest BCUT2D eigenvalue weighted by molar-refractivity contribution is 0.0950. The molecule has 0 unspecified atom stereocenters. The molecule has 1 N–H and O–H groups in total. The topological polar surface area (TPSA) is 60.5 Å². The number of thiazole rings is 1. The molecule has 0 saturated carbocycles. The predicted octanol–water partition coefficient (Wildman–Crippen LogP) is 5.41. The summed E-state index contributed by atoms with van der Waals surface area (Å²) in [6.45, 7) is 0.493. The van der Waals surface area contributed by atoms with E-state index in [1.54, 1.807) is 0 Å². The number of fused-ring (bicyclic) bond motifs is 1. The SMILES string of the molecule is O=C(NCc1ccc(-c2nc(-c3ccc4c(c3)OCO4)cs2)cc1)c1ccc(F)c(F)c1. The summed E-state index contributed by atoms with van der Waals surface area (Å²) in [5.41, 5.74) is 3.70. The van der Waals surface area contributed by atoms with E-state index in [0.29, 0.717) is 5.75 Å². The number of rotatable bonds is 5. The summed E-state index contributed by atoms with van der Waals surface area (Å²) in [5, 5.41) is 5.56. The van der Waals surface area contributed by atoms with Gasteiger partial charge >= 0.3 is 0 Å². The lowest BCUT2D eigenvalue weighted by Gasteiger charge is -2.06. The Balaban J connectivity index is 1.25. The van der Waals surface area contributed by atoms with Crippen molar-refractivity contribution in [3.63, 3.8) is 0 Å². The van der Waals surface area contributed by atoms with Crippen LogP contribution in [-0.4, -0.2) is 17.7 Å². The first kappa shape index (κ1) is 20.1. The molecule has 0 radical (unpaired) electrons. The minimum Gasteiger partial charge on any atom is -0.454 e. The Bertz CT molecular complexity index is 1310. The molecule has 0 atom stereocenters. The second-order valence-corrected chi connectivity index (χ2v) is 7.97. The summed E-state index contributed by atoms with van der Waals surface area (Å²) in [6, 6.07) is 16.5. The van der Waals surface area contributed by atoms with Crippen molar-refractivity contribution in [3.8, 4) is 33.3 Å². The first-order valence-electron chi connectivity index (χ1n) is 9.75. The number of hydrogen-bond acceptors (Lipinski definition) is 5. The van der Waals surface area contributed by atoms with Gasteiger partial charge in [-0.05, 0) is 42.0 Å². The largest absolute Gasteiger partial charge is 0.454 e. The quantitative estimate of drug-likeness (QED) is 0.442. The van der Waals surface area contributed by atoms with Gasteiger partial charge in [-0.1, -0.05) is 24.3 Å². The number of hydrogen-bond donors (Lipinski definition) is 1. The molecule has 1 aliphatic heterocycles. The molecular weight excluding hydrogens is 434 g/mol. The predicted molar refractivity (Wildman–Crippen MR) is 117 cm³/mol. The monoisotopic (exact) mass is 450 g/mol. The third-order valence-corrected chi connectivity index (χ3v) is 5.90. The fourth-order valence-electron chi connectivity index (χ4n) is 3.28. The van der Waals surface area contributed by atoms with Crippen LogP contribution >= 0.6 is 11.3 Å². The Morgan fingerprint density at radius 1 is 0.938 bits per heavy atom. The normalized spacial score (nSPS) is 12.1. The van der Waals surface area contributed by atoms with Crippen molar-refractivity contribution in [2.45, 2.75) is 6.54 Å². The number of aromatic nitrogens is 1. The smallest absolute Gasteiger partial charge is 0.251 e. The van der Waals surface area contributed by atoms with Gasteiger partial charge < -0.3 is 14.8 Å². The maximum atomic E-state index is 13.3. The van der Waals surface area contributed by atoms with E-state index in [1.807, 2.05) is 47.8 Å². The van der Waals surface area contributed by atoms with Crippen LogP contribution in [-0.2, 0) is 6.54 Å². The first-order chi connectivity index (χ1) is 15.6. The minimum absolute atomic E-state index is 0.0688. The van der Waals surface area contributed by atoms with Gasteiger partial charge in [0, 0.05) is 28.6 Å². The fraction of sp³-hybridized carbons (Fsp3) is 0.0833. The van der Waals surface area contributed by atoms with Gasteiger partial charge in [0.15, 0.2) is 23.1 Å². The summed E-state index contributed by atoms with van der Waals surface area (Å²) in [6.07, 6.45) is 0. The van der Waals surface area contributed by atoms with E-state index < -0.39 is 17.5 Å². The van der Waals surface area contributed by atoms with Crippen LogP contribution in [0.15, 0.2) is 66.0 Å². The van der Waals surface area contributed by atoms with E-state index in [1.165, 1.54) is 17.4 Å². The van der Waals surface area contributed by atoms with Gasteiger partial charge in [0.05, 0.1) is 5.69 Å². The van der Waals surface area contributed by atoms with Crippen LogP contribution < -0.4 is 14.8 Å². The molecule has 2 heterocycles. The molecule has 0 fully saturated rings. The van der Waals surface area contributed by atoms with Crippen LogP contribution in [0.3, 0.4) is 0 Å². The van der Waals surface area contributed by atoms with Crippen LogP contribution in [0.1, 0.15) is 15.9 Å². The molecule has 1 amide bonds. The van der Waals surface area contributed by atoms with Gasteiger partial charge in [-0.15, -0.1) is 11.3 Å². The fourth-order valence-corrected chi connectivity index (χ4v) is 4.12. The van der Waals surface area contributed by atoms with Crippen LogP contribution in [0.25, 0.3) is 21.8 Å². The second-order valence-electron chi connectivity index (χ2n) is 7.11. The molecule has 5 nitrogen and oxygen atoms in total. The zero-order valence-electron chi connectivity index (χ0n) is 16.6. The third kappa shape index (κ3) is 4.04. The highest BCUT2D eigenvalue weighted by molar-refractivity contribution is 7.13. The average Bonchev–Trinajstić information content (AvgIpc) is 3.49. The zero-order chi connectivity index (χ0) is 22.1. The number of ether oxygens (including phenoxy) is 2. The molecule has 0 spiro atoms. The van der Waals surface area contributed by atoms with Crippen molar-refractivity contribution in [2.75, 3.05) is 6.79 Å². The van der Waals surface area contributed by atoms with E-state index in [2.05, 4.69) is 5.32 Å². The van der Waals surface area contributed by atoms with E-state index in [9.17, 15) is 13.6 Å². The highest BCUT2D eigenvalue weighted by Crippen LogP contribution is 2.37. The molecule has 0 aliphatic carbocycles. The van der Waals surface area contributed by atoms with E-state index in [0.717, 1.165) is 45.3 Å². The average molecular weight is 450 g/mol. The zero-order valence-corrected chi connectivity index (χ0v) is 17.4. The number of amides is 1. The Morgan fingerprint density at radius 3 is 2.53 bits per heavy atom. The Morgan fingerprint density at radius 2 is 1.72 bits per heavy atom. The van der Waals surface area contributed by atoms with Gasteiger partial charge in [0.25, 0.3) is 5.91 Å². The second kappa shape index (κ2) is 8.39. The van der Waals surface area contributed by atoms with E-state index in [4.69, 9.17) is 14.5 Å². The van der Waals surface area contributed by atoms with Crippen molar-refractivity contribution in [1.29, 1.82) is 0 Å². The number of benzene rings is 3. The first-order valence-corrected chi connectivity index (χ1v) is 10.6. The van der Waals surface area contributed by atoms with E-state index >= 15 is 0 Å². The van der Waals surface area contributed by atoms with Crippen LogP contribution in [0.4, 0.5) is 8.78 Å². The summed E-state index contributed by atoms with van der Waals surface area (Å²) in [5.74, 6) is -1.06. The number of nitrogens with zero attached hydrogens (tertiary/aromatic N) is 1. The lowest BCUT2D eigenvalue weighted by Crippen LogP contribution is -2.22. The Labute approximate surface area is 186 Å². The Hall–Kier alpha value is -3.78. The van der Waals surface area contributed by atoms with Crippen LogP contribution in [0.2, 0.25) is 0 Å². The highest BCUT2D eigenvalue weighted by atomic mass is 32.1. The van der Waals surface area contributed by atoms with Crippen LogP contribution in [0.5, 0.6) is 11.5 Å². The third-order valence-electron chi connectivity index (χ3n) is 5.01. The maximum absolute atomic E-state index is 13.3. The van der Waals surface area contributed by atoms with Gasteiger partial charge in [0.2, 0.25) is 6.79 Å². The molecule has 0 bridgehead atoms. The molecule has 1 aromatic heterocycles. The Kier molecular flexibility index (Phi) is 5.28. The molecule has 5 rings (SSSR count). The molecule has 8 heteroatoms.